The number of hydrogen-bond donors (Lipinski definition) is 1. The Hall–Kier alpha value is -0.570. The van der Waals surface area contributed by atoms with Gasteiger partial charge in [-0.1, -0.05) is 13.8 Å². The maximum absolute atomic E-state index is 4.59. The fraction of sp³-hybridized carbons (Fsp3) is 0.923. The quantitative estimate of drug-likeness (QED) is 0.577. The Morgan fingerprint density at radius 1 is 1.25 bits per heavy atom. The van der Waals surface area contributed by atoms with Crippen molar-refractivity contribution >= 4 is 5.84 Å². The van der Waals surface area contributed by atoms with Gasteiger partial charge in [-0.05, 0) is 47.7 Å². The summed E-state index contributed by atoms with van der Waals surface area (Å²) >= 11 is 0. The summed E-state index contributed by atoms with van der Waals surface area (Å²) in [6, 6.07) is 0.520. The van der Waals surface area contributed by atoms with E-state index in [2.05, 4.69) is 56.8 Å². The maximum Gasteiger partial charge on any atom is 0.0936 e. The van der Waals surface area contributed by atoms with Gasteiger partial charge in [-0.3, -0.25) is 9.89 Å². The van der Waals surface area contributed by atoms with Gasteiger partial charge in [0.25, 0.3) is 0 Å². The molecule has 0 fully saturated rings. The van der Waals surface area contributed by atoms with E-state index in [-0.39, 0.29) is 5.54 Å². The number of nitrogens with zero attached hydrogens (tertiary/aromatic N) is 2. The molecule has 0 aliphatic heterocycles. The van der Waals surface area contributed by atoms with Crippen molar-refractivity contribution in [1.82, 2.24) is 10.2 Å². The van der Waals surface area contributed by atoms with Crippen molar-refractivity contribution in [2.75, 3.05) is 19.6 Å². The maximum atomic E-state index is 4.59. The number of nitrogens with one attached hydrogen (secondary N) is 1. The van der Waals surface area contributed by atoms with Gasteiger partial charge in [0, 0.05) is 11.6 Å². The van der Waals surface area contributed by atoms with Crippen LogP contribution in [0.3, 0.4) is 0 Å². The molecule has 0 aliphatic rings. The van der Waals surface area contributed by atoms with Crippen LogP contribution in [0.2, 0.25) is 0 Å². The highest BCUT2D eigenvalue weighted by atomic mass is 15.2. The van der Waals surface area contributed by atoms with Crippen LogP contribution < -0.4 is 5.32 Å². The summed E-state index contributed by atoms with van der Waals surface area (Å²) in [4.78, 5) is 7.01. The molecule has 0 heterocycles. The molecular weight excluding hydrogens is 198 g/mol. The number of rotatable bonds is 5. The summed E-state index contributed by atoms with van der Waals surface area (Å²) < 4.78 is 0. The molecule has 16 heavy (non-hydrogen) atoms. The lowest BCUT2D eigenvalue weighted by atomic mass is 10.1. The van der Waals surface area contributed by atoms with Gasteiger partial charge in [0.2, 0.25) is 0 Å². The summed E-state index contributed by atoms with van der Waals surface area (Å²) in [5.74, 6) is 1.03. The zero-order chi connectivity index (χ0) is 12.8. The Morgan fingerprint density at radius 3 is 2.12 bits per heavy atom. The molecule has 0 amide bonds. The summed E-state index contributed by atoms with van der Waals surface area (Å²) in [5, 5.41) is 3.38. The van der Waals surface area contributed by atoms with Crippen LogP contribution in [0.1, 0.15) is 48.5 Å². The second kappa shape index (κ2) is 6.89. The fourth-order valence-corrected chi connectivity index (χ4v) is 1.81. The molecule has 0 aromatic carbocycles. The summed E-state index contributed by atoms with van der Waals surface area (Å²) in [7, 11) is 0. The molecule has 1 N–H and O–H groups in total. The molecule has 0 spiro atoms. The largest absolute Gasteiger partial charge is 0.369 e. The minimum Gasteiger partial charge on any atom is -0.369 e. The van der Waals surface area contributed by atoms with E-state index in [0.29, 0.717) is 6.04 Å². The zero-order valence-corrected chi connectivity index (χ0v) is 12.1. The normalized spacial score (nSPS) is 15.4. The van der Waals surface area contributed by atoms with Crippen molar-refractivity contribution in [3.63, 3.8) is 0 Å². The average molecular weight is 227 g/mol. The molecule has 0 radical (unpaired) electrons. The first-order chi connectivity index (χ1) is 7.30. The Balaban J connectivity index is 4.15. The van der Waals surface area contributed by atoms with Crippen LogP contribution in [0.15, 0.2) is 4.99 Å². The lowest BCUT2D eigenvalue weighted by Crippen LogP contribution is -2.40. The van der Waals surface area contributed by atoms with E-state index in [1.54, 1.807) is 0 Å². The predicted molar refractivity (Wildman–Crippen MR) is 73.2 cm³/mol. The number of aliphatic imine (C=N–C) groups is 1. The first-order valence-corrected chi connectivity index (χ1v) is 6.33. The van der Waals surface area contributed by atoms with Gasteiger partial charge in [-0.15, -0.1) is 0 Å². The molecule has 3 nitrogen and oxygen atoms in total. The van der Waals surface area contributed by atoms with Crippen LogP contribution in [0, 0.1) is 0 Å². The van der Waals surface area contributed by atoms with Crippen LogP contribution in [-0.2, 0) is 0 Å². The highest BCUT2D eigenvalue weighted by Crippen LogP contribution is 2.01. The SMILES string of the molecule is CCN(CC)C(C)CN=C(C)NC(C)(C)C. The van der Waals surface area contributed by atoms with Gasteiger partial charge in [0.1, 0.15) is 0 Å². The van der Waals surface area contributed by atoms with Gasteiger partial charge < -0.3 is 5.32 Å². The molecule has 0 saturated heterocycles. The standard InChI is InChI=1S/C13H29N3/c1-8-16(9-2)11(3)10-14-12(4)15-13(5,6)7/h11H,8-10H2,1-7H3,(H,14,15). The summed E-state index contributed by atoms with van der Waals surface area (Å²) in [6.45, 7) is 18.2. The van der Waals surface area contributed by atoms with Crippen molar-refractivity contribution in [2.45, 2.75) is 60.0 Å². The Morgan fingerprint density at radius 2 is 1.75 bits per heavy atom. The van der Waals surface area contributed by atoms with E-state index in [1.807, 2.05) is 6.92 Å². The monoisotopic (exact) mass is 227 g/mol. The molecule has 0 saturated carbocycles. The van der Waals surface area contributed by atoms with E-state index in [4.69, 9.17) is 0 Å². The van der Waals surface area contributed by atoms with E-state index < -0.39 is 0 Å². The van der Waals surface area contributed by atoms with Gasteiger partial charge in [0.15, 0.2) is 0 Å². The molecule has 0 aromatic rings. The number of likely N-dealkylation sites (N-methyl/N-ethyl adjacent to an activating group) is 1. The average Bonchev–Trinajstić information content (AvgIpc) is 2.14. The molecule has 1 atom stereocenters. The minimum absolute atomic E-state index is 0.103. The van der Waals surface area contributed by atoms with E-state index in [9.17, 15) is 0 Å². The summed E-state index contributed by atoms with van der Waals surface area (Å²) in [6.07, 6.45) is 0. The first kappa shape index (κ1) is 15.4. The highest BCUT2D eigenvalue weighted by Gasteiger charge is 2.11. The molecule has 3 heteroatoms. The van der Waals surface area contributed by atoms with Crippen molar-refractivity contribution in [3.05, 3.63) is 0 Å². The lowest BCUT2D eigenvalue weighted by molar-refractivity contribution is 0.237. The predicted octanol–water partition coefficient (Wildman–Crippen LogP) is 2.52. The third-order valence-electron chi connectivity index (χ3n) is 2.58. The fourth-order valence-electron chi connectivity index (χ4n) is 1.81. The van der Waals surface area contributed by atoms with Crippen molar-refractivity contribution in [3.8, 4) is 0 Å². The van der Waals surface area contributed by atoms with Crippen LogP contribution >= 0.6 is 0 Å². The van der Waals surface area contributed by atoms with Gasteiger partial charge >= 0.3 is 0 Å². The summed E-state index contributed by atoms with van der Waals surface area (Å²) in [5.41, 5.74) is 0.103. The van der Waals surface area contributed by atoms with Crippen molar-refractivity contribution < 1.29 is 0 Å². The van der Waals surface area contributed by atoms with Crippen molar-refractivity contribution in [1.29, 1.82) is 0 Å². The Labute approximate surface area is 101 Å². The van der Waals surface area contributed by atoms with Crippen LogP contribution in [-0.4, -0.2) is 42.0 Å². The Bertz CT molecular complexity index is 212. The molecule has 96 valence electrons. The minimum atomic E-state index is 0.103. The topological polar surface area (TPSA) is 27.6 Å². The van der Waals surface area contributed by atoms with Crippen molar-refractivity contribution in [2.24, 2.45) is 4.99 Å². The smallest absolute Gasteiger partial charge is 0.0936 e. The number of hydrogen-bond acceptors (Lipinski definition) is 2. The zero-order valence-electron chi connectivity index (χ0n) is 12.1. The van der Waals surface area contributed by atoms with Gasteiger partial charge in [-0.25, -0.2) is 0 Å². The van der Waals surface area contributed by atoms with E-state index >= 15 is 0 Å². The van der Waals surface area contributed by atoms with E-state index in [1.165, 1.54) is 0 Å². The van der Waals surface area contributed by atoms with Crippen LogP contribution in [0.4, 0.5) is 0 Å². The molecule has 0 aliphatic carbocycles. The third-order valence-corrected chi connectivity index (χ3v) is 2.58. The van der Waals surface area contributed by atoms with Crippen LogP contribution in [0.25, 0.3) is 0 Å². The molecule has 0 bridgehead atoms. The molecule has 0 aromatic heterocycles. The lowest BCUT2D eigenvalue weighted by Gasteiger charge is -2.26. The van der Waals surface area contributed by atoms with Gasteiger partial charge in [-0.2, -0.15) is 0 Å². The number of amidine groups is 1. The third kappa shape index (κ3) is 6.83. The second-order valence-electron chi connectivity index (χ2n) is 5.37. The second-order valence-corrected chi connectivity index (χ2v) is 5.37. The molecule has 1 unspecified atom stereocenters. The molecule has 0 rings (SSSR count). The van der Waals surface area contributed by atoms with E-state index in [0.717, 1.165) is 25.5 Å². The Kier molecular flexibility index (Phi) is 6.65. The highest BCUT2D eigenvalue weighted by molar-refractivity contribution is 5.80. The molecular formula is C13H29N3. The van der Waals surface area contributed by atoms with Crippen LogP contribution in [0.5, 0.6) is 0 Å². The van der Waals surface area contributed by atoms with Gasteiger partial charge in [0.05, 0.1) is 12.4 Å². The first-order valence-electron chi connectivity index (χ1n) is 6.33.